The van der Waals surface area contributed by atoms with Crippen molar-refractivity contribution in [2.24, 2.45) is 5.41 Å². The fraction of sp³-hybridized carbons (Fsp3) is 1.00. The van der Waals surface area contributed by atoms with Gasteiger partial charge < -0.3 is 20.4 Å². The number of hydrogen-bond acceptors (Lipinski definition) is 4. The van der Waals surface area contributed by atoms with Crippen LogP contribution in [0.3, 0.4) is 0 Å². The summed E-state index contributed by atoms with van der Waals surface area (Å²) < 4.78 is -2.50. The van der Waals surface area contributed by atoms with Crippen LogP contribution in [0.15, 0.2) is 0 Å². The van der Waals surface area contributed by atoms with Gasteiger partial charge >= 0.3 is 0 Å². The summed E-state index contributed by atoms with van der Waals surface area (Å²) in [6, 6.07) is 0. The average Bonchev–Trinajstić information content (AvgIpc) is 1.87. The van der Waals surface area contributed by atoms with Gasteiger partial charge in [-0.1, -0.05) is 34.8 Å². The Morgan fingerprint density at radius 1 is 1.17 bits per heavy atom. The molecule has 0 spiro atoms. The zero-order valence-corrected chi connectivity index (χ0v) is 8.18. The highest BCUT2D eigenvalue weighted by atomic mass is 35.5. The molecule has 0 fully saturated rings. The van der Waals surface area contributed by atoms with E-state index < -0.39 is 28.7 Å². The summed E-state index contributed by atoms with van der Waals surface area (Å²) in [5.41, 5.74) is -3.72. The first-order valence-electron chi connectivity index (χ1n) is 2.96. The average molecular weight is 239 g/mol. The Kier molecular flexibility index (Phi) is 4.54. The van der Waals surface area contributed by atoms with Gasteiger partial charge in [-0.25, -0.2) is 0 Å². The van der Waals surface area contributed by atoms with E-state index in [0.29, 0.717) is 0 Å². The van der Waals surface area contributed by atoms with Gasteiger partial charge in [0.25, 0.3) is 0 Å². The lowest BCUT2D eigenvalue weighted by Gasteiger charge is -2.37. The van der Waals surface area contributed by atoms with Crippen molar-refractivity contribution in [1.82, 2.24) is 0 Å². The molecule has 4 N–H and O–H groups in total. The lowest BCUT2D eigenvalue weighted by atomic mass is 9.91. The van der Waals surface area contributed by atoms with Crippen LogP contribution in [-0.2, 0) is 0 Å². The van der Waals surface area contributed by atoms with Crippen LogP contribution in [0, 0.1) is 5.41 Å². The molecule has 74 valence electrons. The van der Waals surface area contributed by atoms with Crippen LogP contribution in [0.25, 0.3) is 0 Å². The number of aliphatic hydroxyl groups excluding tert-OH is 3. The highest BCUT2D eigenvalue weighted by Gasteiger charge is 2.52. The first-order valence-corrected chi connectivity index (χ1v) is 4.15. The van der Waals surface area contributed by atoms with E-state index in [4.69, 9.17) is 55.2 Å². The summed E-state index contributed by atoms with van der Waals surface area (Å²) >= 11 is 15.6. The predicted molar refractivity (Wildman–Crippen MR) is 45.1 cm³/mol. The minimum Gasteiger partial charge on any atom is -0.395 e. The maximum Gasteiger partial charge on any atom is 0.228 e. The minimum atomic E-state index is -2.50. The van der Waals surface area contributed by atoms with E-state index in [0.717, 1.165) is 0 Å². The molecular formula is C5H9Cl3O4. The smallest absolute Gasteiger partial charge is 0.228 e. The molecule has 0 saturated heterocycles. The van der Waals surface area contributed by atoms with Gasteiger partial charge in [0, 0.05) is 0 Å². The van der Waals surface area contributed by atoms with E-state index in [1.165, 1.54) is 0 Å². The van der Waals surface area contributed by atoms with Crippen molar-refractivity contribution in [2.45, 2.75) is 10.1 Å². The molecule has 0 aromatic rings. The van der Waals surface area contributed by atoms with Gasteiger partial charge in [0.2, 0.25) is 4.52 Å². The van der Waals surface area contributed by atoms with Gasteiger partial charge in [0.05, 0.1) is 13.2 Å². The molecule has 0 radical (unpaired) electrons. The topological polar surface area (TPSA) is 80.9 Å². The molecule has 0 aliphatic heterocycles. The fourth-order valence-corrected chi connectivity index (χ4v) is 1.39. The summed E-state index contributed by atoms with van der Waals surface area (Å²) in [5, 5.41) is 35.5. The number of rotatable bonds is 4. The van der Waals surface area contributed by atoms with Crippen LogP contribution in [0.4, 0.5) is 0 Å². The molecule has 0 bridgehead atoms. The maximum atomic E-state index is 9.06. The summed E-state index contributed by atoms with van der Waals surface area (Å²) in [4.78, 5) is 0. The van der Waals surface area contributed by atoms with E-state index >= 15 is 0 Å². The first-order chi connectivity index (χ1) is 5.31. The van der Waals surface area contributed by atoms with E-state index in [9.17, 15) is 0 Å². The maximum absolute atomic E-state index is 9.06. The van der Waals surface area contributed by atoms with Crippen LogP contribution in [-0.4, -0.2) is 43.7 Å². The van der Waals surface area contributed by atoms with Crippen LogP contribution in [0.5, 0.6) is 0 Å². The van der Waals surface area contributed by atoms with Crippen LogP contribution < -0.4 is 0 Å². The second-order valence-electron chi connectivity index (χ2n) is 2.35. The molecule has 4 nitrogen and oxygen atoms in total. The minimum absolute atomic E-state index is 0.850. The summed E-state index contributed by atoms with van der Waals surface area (Å²) in [7, 11) is 0. The molecule has 0 amide bonds. The van der Waals surface area contributed by atoms with E-state index in [2.05, 4.69) is 0 Å². The Balaban J connectivity index is 4.83. The monoisotopic (exact) mass is 238 g/mol. The summed E-state index contributed by atoms with van der Waals surface area (Å²) in [6.07, 6.45) is 0. The van der Waals surface area contributed by atoms with Crippen molar-refractivity contribution in [3.05, 3.63) is 0 Å². The Hall–Kier alpha value is 0.710. The Morgan fingerprint density at radius 3 is 1.50 bits per heavy atom. The normalized spacial score (nSPS) is 16.2. The standard InChI is InChI=1S/C5H9Cl3O4/c6-3(11)4(1-9,2-10)5(7,8)12/h3,9-12H,1-2H2. The van der Waals surface area contributed by atoms with Gasteiger partial charge in [-0.2, -0.15) is 0 Å². The van der Waals surface area contributed by atoms with Gasteiger partial charge in [-0.15, -0.1) is 0 Å². The highest BCUT2D eigenvalue weighted by Crippen LogP contribution is 2.42. The fourth-order valence-electron chi connectivity index (χ4n) is 0.534. The molecule has 1 atom stereocenters. The Morgan fingerprint density at radius 2 is 1.50 bits per heavy atom. The van der Waals surface area contributed by atoms with E-state index in [1.54, 1.807) is 0 Å². The molecular weight excluding hydrogens is 230 g/mol. The number of alkyl halides is 3. The third-order valence-electron chi connectivity index (χ3n) is 1.62. The predicted octanol–water partition coefficient (Wildman–Crippen LogP) is -0.362. The Labute approximate surface area is 84.3 Å². The lowest BCUT2D eigenvalue weighted by Crippen LogP contribution is -2.52. The van der Waals surface area contributed by atoms with E-state index in [-0.39, 0.29) is 0 Å². The van der Waals surface area contributed by atoms with Crippen molar-refractivity contribution in [3.63, 3.8) is 0 Å². The van der Waals surface area contributed by atoms with Crippen LogP contribution >= 0.6 is 34.8 Å². The molecule has 0 aromatic heterocycles. The molecule has 0 aliphatic carbocycles. The highest BCUT2D eigenvalue weighted by molar-refractivity contribution is 6.48. The van der Waals surface area contributed by atoms with Crippen molar-refractivity contribution in [2.75, 3.05) is 13.2 Å². The SMILES string of the molecule is OCC(CO)(C(O)Cl)C(O)(Cl)Cl. The van der Waals surface area contributed by atoms with Crippen molar-refractivity contribution in [3.8, 4) is 0 Å². The van der Waals surface area contributed by atoms with Crippen LogP contribution in [0.2, 0.25) is 0 Å². The van der Waals surface area contributed by atoms with Crippen LogP contribution in [0.1, 0.15) is 0 Å². The van der Waals surface area contributed by atoms with Gasteiger partial charge in [-0.05, 0) is 0 Å². The third-order valence-corrected chi connectivity index (χ3v) is 2.79. The van der Waals surface area contributed by atoms with E-state index in [1.807, 2.05) is 0 Å². The first kappa shape index (κ1) is 12.7. The molecule has 1 unspecified atom stereocenters. The largest absolute Gasteiger partial charge is 0.395 e. The molecule has 0 rings (SSSR count). The Bertz CT molecular complexity index is 140. The second kappa shape index (κ2) is 4.28. The number of aliphatic hydroxyl groups is 4. The number of hydrogen-bond donors (Lipinski definition) is 4. The van der Waals surface area contributed by atoms with Gasteiger partial charge in [-0.3, -0.25) is 0 Å². The lowest BCUT2D eigenvalue weighted by molar-refractivity contribution is -0.0845. The number of halogens is 3. The molecule has 7 heteroatoms. The molecule has 0 aromatic carbocycles. The molecule has 12 heavy (non-hydrogen) atoms. The molecule has 0 heterocycles. The zero-order valence-electron chi connectivity index (χ0n) is 5.91. The second-order valence-corrected chi connectivity index (χ2v) is 4.05. The third kappa shape index (κ3) is 2.14. The quantitative estimate of drug-likeness (QED) is 0.505. The molecule has 0 saturated carbocycles. The van der Waals surface area contributed by atoms with Gasteiger partial charge in [0.15, 0.2) is 0 Å². The van der Waals surface area contributed by atoms with Crippen molar-refractivity contribution < 1.29 is 20.4 Å². The van der Waals surface area contributed by atoms with Crippen molar-refractivity contribution in [1.29, 1.82) is 0 Å². The zero-order chi connectivity index (χ0) is 9.99. The molecule has 0 aliphatic rings. The van der Waals surface area contributed by atoms with Crippen molar-refractivity contribution >= 4 is 34.8 Å². The summed E-state index contributed by atoms with van der Waals surface area (Å²) in [6.45, 7) is -1.70. The van der Waals surface area contributed by atoms with Gasteiger partial charge in [0.1, 0.15) is 11.0 Å². The summed E-state index contributed by atoms with van der Waals surface area (Å²) in [5.74, 6) is 0.